The van der Waals surface area contributed by atoms with Gasteiger partial charge in [-0.1, -0.05) is 0 Å². The predicted molar refractivity (Wildman–Crippen MR) is 65.2 cm³/mol. The molecule has 0 atom stereocenters. The van der Waals surface area contributed by atoms with Gasteiger partial charge >= 0.3 is 11.7 Å². The minimum atomic E-state index is -0.726. The first kappa shape index (κ1) is 13.3. The first-order chi connectivity index (χ1) is 8.02. The highest BCUT2D eigenvalue weighted by Gasteiger charge is 2.28. The smallest absolute Gasteiger partial charge is 0.346 e. The van der Waals surface area contributed by atoms with Crippen LogP contribution in [-0.2, 0) is 4.74 Å². The monoisotopic (exact) mass is 256 g/mol. The molecule has 0 aliphatic rings. The molecule has 1 rings (SSSR count). The summed E-state index contributed by atoms with van der Waals surface area (Å²) in [6, 6.07) is 2.98. The van der Waals surface area contributed by atoms with Crippen LogP contribution in [0, 0.1) is 10.1 Å². The summed E-state index contributed by atoms with van der Waals surface area (Å²) in [6.07, 6.45) is 1.72. The first-order valence-electron chi connectivity index (χ1n) is 4.80. The van der Waals surface area contributed by atoms with Crippen LogP contribution in [0.4, 0.5) is 11.4 Å². The van der Waals surface area contributed by atoms with Crippen molar-refractivity contribution < 1.29 is 14.5 Å². The van der Waals surface area contributed by atoms with Crippen molar-refractivity contribution in [2.75, 3.05) is 18.6 Å². The van der Waals surface area contributed by atoms with Gasteiger partial charge in [0.2, 0.25) is 0 Å². The van der Waals surface area contributed by atoms with Crippen LogP contribution in [0.2, 0.25) is 0 Å². The molecule has 0 unspecified atom stereocenters. The molecular formula is C10H12N2O4S. The number of hydrogen-bond donors (Lipinski definition) is 1. The van der Waals surface area contributed by atoms with Crippen molar-refractivity contribution in [2.24, 2.45) is 0 Å². The molecule has 7 heteroatoms. The van der Waals surface area contributed by atoms with Crippen molar-refractivity contribution in [1.82, 2.24) is 0 Å². The maximum atomic E-state index is 11.7. The Morgan fingerprint density at radius 2 is 2.24 bits per heavy atom. The average Bonchev–Trinajstić information content (AvgIpc) is 2.28. The summed E-state index contributed by atoms with van der Waals surface area (Å²) < 4.78 is 4.80. The summed E-state index contributed by atoms with van der Waals surface area (Å²) in [5, 5.41) is 10.9. The number of nitro benzene ring substituents is 1. The van der Waals surface area contributed by atoms with E-state index in [9.17, 15) is 14.9 Å². The zero-order valence-corrected chi connectivity index (χ0v) is 10.2. The Hall–Kier alpha value is -1.76. The summed E-state index contributed by atoms with van der Waals surface area (Å²) in [7, 11) is 0. The summed E-state index contributed by atoms with van der Waals surface area (Å²) in [5.74, 6) is -0.726. The molecule has 0 saturated carbocycles. The van der Waals surface area contributed by atoms with Gasteiger partial charge in [0.1, 0.15) is 5.69 Å². The number of nitro groups is 1. The minimum Gasteiger partial charge on any atom is -0.462 e. The van der Waals surface area contributed by atoms with Crippen molar-refractivity contribution in [3.8, 4) is 0 Å². The van der Waals surface area contributed by atoms with Crippen LogP contribution in [0.15, 0.2) is 17.0 Å². The number of nitrogens with two attached hydrogens (primary N) is 1. The minimum absolute atomic E-state index is 0.0455. The lowest BCUT2D eigenvalue weighted by Gasteiger charge is -2.08. The number of benzene rings is 1. The van der Waals surface area contributed by atoms with Crippen molar-refractivity contribution in [3.63, 3.8) is 0 Å². The van der Waals surface area contributed by atoms with Gasteiger partial charge in [-0.05, 0) is 25.3 Å². The van der Waals surface area contributed by atoms with E-state index in [-0.39, 0.29) is 17.9 Å². The van der Waals surface area contributed by atoms with Gasteiger partial charge < -0.3 is 10.5 Å². The third-order valence-corrected chi connectivity index (χ3v) is 2.83. The lowest BCUT2D eigenvalue weighted by atomic mass is 10.1. The van der Waals surface area contributed by atoms with E-state index in [4.69, 9.17) is 10.5 Å². The van der Waals surface area contributed by atoms with Crippen LogP contribution in [0.1, 0.15) is 17.3 Å². The van der Waals surface area contributed by atoms with Gasteiger partial charge in [0.25, 0.3) is 0 Å². The SMILES string of the molecule is CCOC(=O)c1c(SC)ccc(N)c1[N+](=O)[O-]. The van der Waals surface area contributed by atoms with Crippen molar-refractivity contribution in [3.05, 3.63) is 27.8 Å². The molecule has 1 aromatic carbocycles. The van der Waals surface area contributed by atoms with E-state index in [0.29, 0.717) is 4.90 Å². The molecule has 0 heterocycles. The van der Waals surface area contributed by atoms with Gasteiger partial charge in [-0.15, -0.1) is 11.8 Å². The van der Waals surface area contributed by atoms with Crippen LogP contribution < -0.4 is 5.73 Å². The number of ether oxygens (including phenoxy) is 1. The van der Waals surface area contributed by atoms with E-state index in [1.807, 2.05) is 0 Å². The number of nitrogens with zero attached hydrogens (tertiary/aromatic N) is 1. The lowest BCUT2D eigenvalue weighted by Crippen LogP contribution is -2.11. The first-order valence-corrected chi connectivity index (χ1v) is 6.03. The highest BCUT2D eigenvalue weighted by molar-refractivity contribution is 7.98. The molecule has 2 N–H and O–H groups in total. The maximum Gasteiger partial charge on any atom is 0.346 e. The summed E-state index contributed by atoms with van der Waals surface area (Å²) in [6.45, 7) is 1.79. The second-order valence-electron chi connectivity index (χ2n) is 3.06. The molecule has 92 valence electrons. The molecule has 0 saturated heterocycles. The second kappa shape index (κ2) is 5.53. The standard InChI is InChI=1S/C10H12N2O4S/c1-3-16-10(13)8-7(17-2)5-4-6(11)9(8)12(14)15/h4-5H,3,11H2,1-2H3. The van der Waals surface area contributed by atoms with Crippen LogP contribution in [-0.4, -0.2) is 23.8 Å². The largest absolute Gasteiger partial charge is 0.462 e. The average molecular weight is 256 g/mol. The van der Waals surface area contributed by atoms with Crippen LogP contribution in [0.5, 0.6) is 0 Å². The maximum absolute atomic E-state index is 11.7. The van der Waals surface area contributed by atoms with Gasteiger partial charge in [-0.25, -0.2) is 4.79 Å². The summed E-state index contributed by atoms with van der Waals surface area (Å²) in [4.78, 5) is 22.4. The zero-order valence-electron chi connectivity index (χ0n) is 9.43. The van der Waals surface area contributed by atoms with Crippen molar-refractivity contribution in [2.45, 2.75) is 11.8 Å². The molecule has 0 aliphatic heterocycles. The molecule has 0 radical (unpaired) electrons. The van der Waals surface area contributed by atoms with Gasteiger partial charge in [0, 0.05) is 4.90 Å². The Labute approximate surface area is 102 Å². The Morgan fingerprint density at radius 1 is 1.59 bits per heavy atom. The van der Waals surface area contributed by atoms with E-state index in [2.05, 4.69) is 0 Å². The third-order valence-electron chi connectivity index (χ3n) is 2.05. The lowest BCUT2D eigenvalue weighted by molar-refractivity contribution is -0.384. The normalized spacial score (nSPS) is 10.0. The van der Waals surface area contributed by atoms with E-state index in [1.165, 1.54) is 17.8 Å². The number of esters is 1. The molecule has 1 aromatic rings. The fourth-order valence-corrected chi connectivity index (χ4v) is 1.94. The summed E-state index contributed by atoms with van der Waals surface area (Å²) in [5.41, 5.74) is 5.00. The van der Waals surface area contributed by atoms with E-state index >= 15 is 0 Å². The topological polar surface area (TPSA) is 95.5 Å². The molecule has 0 bridgehead atoms. The molecule has 0 fully saturated rings. The number of carbonyl (C=O) groups is 1. The Morgan fingerprint density at radius 3 is 2.71 bits per heavy atom. The quantitative estimate of drug-likeness (QED) is 0.291. The van der Waals surface area contributed by atoms with E-state index in [1.54, 1.807) is 19.2 Å². The van der Waals surface area contributed by atoms with Crippen LogP contribution in [0.25, 0.3) is 0 Å². The van der Waals surface area contributed by atoms with Crippen molar-refractivity contribution >= 4 is 29.1 Å². The van der Waals surface area contributed by atoms with Crippen LogP contribution in [0.3, 0.4) is 0 Å². The van der Waals surface area contributed by atoms with E-state index < -0.39 is 16.6 Å². The van der Waals surface area contributed by atoms with E-state index in [0.717, 1.165) is 0 Å². The molecule has 17 heavy (non-hydrogen) atoms. The third kappa shape index (κ3) is 2.68. The predicted octanol–water partition coefficient (Wildman–Crippen LogP) is 2.08. The van der Waals surface area contributed by atoms with Gasteiger partial charge in [0.05, 0.1) is 11.5 Å². The Balaban J connectivity index is 3.45. The Bertz CT molecular complexity index is 462. The zero-order chi connectivity index (χ0) is 13.0. The Kier molecular flexibility index (Phi) is 4.33. The number of anilines is 1. The van der Waals surface area contributed by atoms with Gasteiger partial charge in [0.15, 0.2) is 5.56 Å². The molecule has 6 nitrogen and oxygen atoms in total. The molecule has 0 spiro atoms. The number of nitrogen functional groups attached to an aromatic ring is 1. The van der Waals surface area contributed by atoms with Crippen molar-refractivity contribution in [1.29, 1.82) is 0 Å². The number of rotatable bonds is 4. The molecular weight excluding hydrogens is 244 g/mol. The summed E-state index contributed by atoms with van der Waals surface area (Å²) >= 11 is 1.23. The molecule has 0 aromatic heterocycles. The fourth-order valence-electron chi connectivity index (χ4n) is 1.36. The molecule has 0 aliphatic carbocycles. The second-order valence-corrected chi connectivity index (χ2v) is 3.91. The number of thioether (sulfide) groups is 1. The van der Waals surface area contributed by atoms with Gasteiger partial charge in [-0.3, -0.25) is 10.1 Å². The van der Waals surface area contributed by atoms with Gasteiger partial charge in [-0.2, -0.15) is 0 Å². The highest BCUT2D eigenvalue weighted by Crippen LogP contribution is 2.34. The molecule has 0 amide bonds. The van der Waals surface area contributed by atoms with Crippen LogP contribution >= 0.6 is 11.8 Å². The number of carbonyl (C=O) groups excluding carboxylic acids is 1. The highest BCUT2D eigenvalue weighted by atomic mass is 32.2. The fraction of sp³-hybridized carbons (Fsp3) is 0.300. The number of hydrogen-bond acceptors (Lipinski definition) is 6.